The number of carbonyl (C=O) groups excluding carboxylic acids is 2. The van der Waals surface area contributed by atoms with Crippen molar-refractivity contribution in [3.63, 3.8) is 0 Å². The minimum Gasteiger partial charge on any atom is -0.404 e. The van der Waals surface area contributed by atoms with Gasteiger partial charge in [0.25, 0.3) is 0 Å². The van der Waals surface area contributed by atoms with Crippen molar-refractivity contribution in [1.82, 2.24) is 10.0 Å². The summed E-state index contributed by atoms with van der Waals surface area (Å²) >= 11 is 0. The molecule has 6 rings (SSSR count). The zero-order valence-corrected chi connectivity index (χ0v) is 29.9. The highest BCUT2D eigenvalue weighted by molar-refractivity contribution is 7.89. The third-order valence-electron chi connectivity index (χ3n) is 11.1. The Morgan fingerprint density at radius 3 is 2.35 bits per heavy atom. The largest absolute Gasteiger partial charge is 0.481 e. The number of nitrogens with one attached hydrogen (secondary N) is 2. The molecule has 0 spiro atoms. The normalized spacial score (nSPS) is 25.5. The van der Waals surface area contributed by atoms with Crippen molar-refractivity contribution in [1.29, 1.82) is 5.26 Å². The van der Waals surface area contributed by atoms with Gasteiger partial charge in [-0.1, -0.05) is 65.3 Å². The topological polar surface area (TPSA) is 135 Å². The molecule has 2 aromatic carbocycles. The van der Waals surface area contributed by atoms with Gasteiger partial charge in [-0.25, -0.2) is 13.1 Å². The Kier molecular flexibility index (Phi) is 10.9. The molecule has 0 unspecified atom stereocenters. The molecule has 1 heterocycles. The van der Waals surface area contributed by atoms with E-state index in [-0.39, 0.29) is 41.1 Å². The fourth-order valence-corrected chi connectivity index (χ4v) is 9.04. The first-order valence-electron chi connectivity index (χ1n) is 17.4. The second-order valence-electron chi connectivity index (χ2n) is 15.2. The van der Waals surface area contributed by atoms with Gasteiger partial charge in [-0.3, -0.25) is 9.59 Å². The van der Waals surface area contributed by atoms with E-state index in [1.165, 1.54) is 24.3 Å². The standard InChI is InChI=1S/C37H50BN3O6S/c1-7-8-9-25-10-14-27(15-11-25)31(42)19-28(23-40-48(44,45)30-16-12-26(22-39)13-17-30)35(43)41-34(18-24(2)3)38-46-33-21-29-20-32(36(29,4)5)37(33,6)47-38/h10-17,24,28-29,32-34,40H,7-9,18-21,23H2,1-6H3,(H,41,43)/t28-,29+,32+,33+,34-,37-/m0/s1. The van der Waals surface area contributed by atoms with Crippen molar-refractivity contribution in [3.8, 4) is 6.07 Å². The van der Waals surface area contributed by atoms with Gasteiger partial charge >= 0.3 is 7.12 Å². The van der Waals surface area contributed by atoms with Crippen LogP contribution in [0.15, 0.2) is 53.4 Å². The number of unbranched alkanes of at least 4 members (excludes halogenated alkanes) is 1. The van der Waals surface area contributed by atoms with Crippen LogP contribution in [-0.4, -0.2) is 51.4 Å². The molecule has 258 valence electrons. The van der Waals surface area contributed by atoms with Gasteiger partial charge in [-0.2, -0.15) is 5.26 Å². The number of hydrogen-bond acceptors (Lipinski definition) is 7. The summed E-state index contributed by atoms with van der Waals surface area (Å²) < 4.78 is 42.3. The molecule has 2 bridgehead atoms. The summed E-state index contributed by atoms with van der Waals surface area (Å²) in [5.74, 6) is -0.996. The lowest BCUT2D eigenvalue weighted by atomic mass is 9.43. The molecule has 1 amide bonds. The first-order valence-corrected chi connectivity index (χ1v) is 18.9. The highest BCUT2D eigenvalue weighted by Crippen LogP contribution is 2.65. The number of aryl methyl sites for hydroxylation is 1. The zero-order chi connectivity index (χ0) is 34.9. The summed E-state index contributed by atoms with van der Waals surface area (Å²) in [5, 5.41) is 12.2. The number of nitrogens with zero attached hydrogens (tertiary/aromatic N) is 1. The van der Waals surface area contributed by atoms with Gasteiger partial charge in [0, 0.05) is 18.5 Å². The Bertz CT molecular complexity index is 1620. The van der Waals surface area contributed by atoms with Crippen LogP contribution in [0.3, 0.4) is 0 Å². The lowest BCUT2D eigenvalue weighted by molar-refractivity contribution is -0.199. The maximum absolute atomic E-state index is 14.1. The van der Waals surface area contributed by atoms with Crippen LogP contribution < -0.4 is 10.0 Å². The third-order valence-corrected chi connectivity index (χ3v) is 12.5. The van der Waals surface area contributed by atoms with Crippen molar-refractivity contribution in [2.24, 2.45) is 29.1 Å². The zero-order valence-electron chi connectivity index (χ0n) is 29.1. The van der Waals surface area contributed by atoms with Crippen molar-refractivity contribution >= 4 is 28.8 Å². The van der Waals surface area contributed by atoms with Crippen LogP contribution >= 0.6 is 0 Å². The molecule has 9 nitrogen and oxygen atoms in total. The summed E-state index contributed by atoms with van der Waals surface area (Å²) in [6.45, 7) is 12.7. The minimum absolute atomic E-state index is 0.0303. The van der Waals surface area contributed by atoms with E-state index in [0.29, 0.717) is 29.4 Å². The average molecular weight is 676 g/mol. The molecule has 6 atom stereocenters. The van der Waals surface area contributed by atoms with E-state index in [1.807, 2.05) is 18.2 Å². The molecule has 0 radical (unpaired) electrons. The number of Topliss-reactive ketones (excluding diaryl/α,β-unsaturated/α-hetero) is 1. The van der Waals surface area contributed by atoms with Gasteiger partial charge in [0.15, 0.2) is 5.78 Å². The number of carbonyl (C=O) groups is 2. The number of hydrogen-bond donors (Lipinski definition) is 2. The molecule has 2 N–H and O–H groups in total. The molecule has 2 aromatic rings. The Labute approximate surface area is 286 Å². The van der Waals surface area contributed by atoms with Crippen LogP contribution in [-0.2, 0) is 30.5 Å². The molecule has 11 heteroatoms. The van der Waals surface area contributed by atoms with E-state index in [0.717, 1.165) is 37.7 Å². The molecule has 3 aliphatic carbocycles. The van der Waals surface area contributed by atoms with Crippen molar-refractivity contribution in [2.45, 2.75) is 109 Å². The number of rotatable bonds is 15. The van der Waals surface area contributed by atoms with Gasteiger partial charge in [0.1, 0.15) is 0 Å². The Balaban J connectivity index is 1.34. The Morgan fingerprint density at radius 1 is 1.06 bits per heavy atom. The summed E-state index contributed by atoms with van der Waals surface area (Å²) in [6.07, 6.45) is 5.44. The van der Waals surface area contributed by atoms with Gasteiger partial charge in [-0.05, 0) is 92.0 Å². The minimum atomic E-state index is -4.03. The summed E-state index contributed by atoms with van der Waals surface area (Å²) in [4.78, 5) is 27.6. The fraction of sp³-hybridized carbons (Fsp3) is 0.595. The maximum Gasteiger partial charge on any atom is 0.481 e. The predicted molar refractivity (Wildman–Crippen MR) is 185 cm³/mol. The quantitative estimate of drug-likeness (QED) is 0.178. The van der Waals surface area contributed by atoms with Crippen LogP contribution in [0.5, 0.6) is 0 Å². The molecule has 48 heavy (non-hydrogen) atoms. The summed E-state index contributed by atoms with van der Waals surface area (Å²) in [7, 11) is -4.68. The second-order valence-corrected chi connectivity index (χ2v) is 17.0. The van der Waals surface area contributed by atoms with Crippen molar-refractivity contribution < 1.29 is 27.3 Å². The van der Waals surface area contributed by atoms with E-state index in [1.54, 1.807) is 12.1 Å². The van der Waals surface area contributed by atoms with Gasteiger partial charge < -0.3 is 14.6 Å². The van der Waals surface area contributed by atoms with Crippen LogP contribution in [0.4, 0.5) is 0 Å². The lowest BCUT2D eigenvalue weighted by Gasteiger charge is -2.64. The highest BCUT2D eigenvalue weighted by Gasteiger charge is 2.68. The molecule has 0 aromatic heterocycles. The lowest BCUT2D eigenvalue weighted by Crippen LogP contribution is -2.65. The molecule has 4 fully saturated rings. The monoisotopic (exact) mass is 675 g/mol. The molecule has 4 aliphatic rings. The predicted octanol–water partition coefficient (Wildman–Crippen LogP) is 5.87. The van der Waals surface area contributed by atoms with Crippen LogP contribution in [0.1, 0.15) is 102 Å². The van der Waals surface area contributed by atoms with Gasteiger partial charge in [0.05, 0.1) is 40.1 Å². The van der Waals surface area contributed by atoms with Gasteiger partial charge in [0.2, 0.25) is 15.9 Å². The Hall–Kier alpha value is -3.04. The van der Waals surface area contributed by atoms with Crippen LogP contribution in [0.2, 0.25) is 0 Å². The number of amides is 1. The molecular formula is C37H50BN3O6S. The van der Waals surface area contributed by atoms with E-state index in [4.69, 9.17) is 14.6 Å². The number of nitriles is 1. The summed E-state index contributed by atoms with van der Waals surface area (Å²) in [6, 6.07) is 14.9. The van der Waals surface area contributed by atoms with E-state index >= 15 is 0 Å². The SMILES string of the molecule is CCCCc1ccc(C(=O)C[C@@H](CNS(=O)(=O)c2ccc(C#N)cc2)C(=O)N[C@@H](CC(C)C)B2O[C@@H]3C[C@H]4C[C@H](C4(C)C)[C@]3(C)O2)cc1. The third kappa shape index (κ3) is 7.57. The number of benzene rings is 2. The maximum atomic E-state index is 14.1. The number of ketones is 1. The smallest absolute Gasteiger partial charge is 0.404 e. The first kappa shape index (κ1) is 36.3. The molecule has 3 saturated carbocycles. The highest BCUT2D eigenvalue weighted by atomic mass is 32.2. The van der Waals surface area contributed by atoms with E-state index < -0.39 is 40.5 Å². The van der Waals surface area contributed by atoms with Crippen molar-refractivity contribution in [2.75, 3.05) is 6.54 Å². The first-order chi connectivity index (χ1) is 22.7. The summed E-state index contributed by atoms with van der Waals surface area (Å²) in [5.41, 5.74) is 1.67. The average Bonchev–Trinajstić information content (AvgIpc) is 3.42. The molecule has 1 aliphatic heterocycles. The van der Waals surface area contributed by atoms with E-state index in [2.05, 4.69) is 51.6 Å². The second kappa shape index (κ2) is 14.4. The van der Waals surface area contributed by atoms with E-state index in [9.17, 15) is 18.0 Å². The molecular weight excluding hydrogens is 625 g/mol. The van der Waals surface area contributed by atoms with Gasteiger partial charge in [-0.15, -0.1) is 0 Å². The molecule has 1 saturated heterocycles. The number of sulfonamides is 1. The van der Waals surface area contributed by atoms with Crippen LogP contribution in [0, 0.1) is 40.4 Å². The Morgan fingerprint density at radius 2 is 1.75 bits per heavy atom. The van der Waals surface area contributed by atoms with Crippen molar-refractivity contribution in [3.05, 3.63) is 65.2 Å². The fourth-order valence-electron chi connectivity index (χ4n) is 7.96. The van der Waals surface area contributed by atoms with Crippen LogP contribution in [0.25, 0.3) is 0 Å².